The summed E-state index contributed by atoms with van der Waals surface area (Å²) in [5, 5.41) is 11.9. The van der Waals surface area contributed by atoms with Crippen molar-refractivity contribution in [2.24, 2.45) is 10.8 Å². The van der Waals surface area contributed by atoms with Crippen molar-refractivity contribution in [3.05, 3.63) is 48.5 Å². The van der Waals surface area contributed by atoms with Crippen LogP contribution in [0.3, 0.4) is 0 Å². The number of benzene rings is 2. The Morgan fingerprint density at radius 1 is 0.853 bits per heavy atom. The summed E-state index contributed by atoms with van der Waals surface area (Å²) in [4.78, 5) is 25.3. The van der Waals surface area contributed by atoms with Crippen LogP contribution >= 0.6 is 0 Å². The van der Waals surface area contributed by atoms with Gasteiger partial charge in [-0.2, -0.15) is 0 Å². The van der Waals surface area contributed by atoms with Gasteiger partial charge in [-0.05, 0) is 54.4 Å². The van der Waals surface area contributed by atoms with E-state index in [1.807, 2.05) is 24.3 Å². The molecule has 0 unspecified atom stereocenters. The number of amides is 4. The predicted octanol–water partition coefficient (Wildman–Crippen LogP) is 5.23. The lowest BCUT2D eigenvalue weighted by Crippen LogP contribution is -2.51. The number of urea groups is 2. The van der Waals surface area contributed by atoms with Gasteiger partial charge < -0.3 is 30.7 Å². The van der Waals surface area contributed by atoms with Crippen LogP contribution in [0.25, 0.3) is 0 Å². The van der Waals surface area contributed by atoms with E-state index in [1.165, 1.54) is 0 Å². The van der Waals surface area contributed by atoms with Crippen molar-refractivity contribution in [2.45, 2.75) is 46.1 Å². The van der Waals surface area contributed by atoms with Gasteiger partial charge >= 0.3 is 12.1 Å². The number of para-hydroxylation sites is 4. The van der Waals surface area contributed by atoms with E-state index < -0.39 is 0 Å². The van der Waals surface area contributed by atoms with Crippen LogP contribution in [0.15, 0.2) is 48.5 Å². The summed E-state index contributed by atoms with van der Waals surface area (Å²) in [5.41, 5.74) is 1.07. The SMILES string of the molecule is COc1ccccc1NC(=O)NC[C@@]1(C)C[C@H](NC(=O)Nc2ccccc2OC)CC(C)(C)C1. The molecule has 1 fully saturated rings. The van der Waals surface area contributed by atoms with Crippen molar-refractivity contribution in [1.29, 1.82) is 0 Å². The number of carbonyl (C=O) groups excluding carboxylic acids is 2. The molecule has 0 heterocycles. The number of rotatable bonds is 7. The molecule has 0 aliphatic heterocycles. The van der Waals surface area contributed by atoms with Crippen LogP contribution < -0.4 is 30.7 Å². The molecular weight excluding hydrogens is 432 g/mol. The molecule has 0 bridgehead atoms. The van der Waals surface area contributed by atoms with E-state index in [4.69, 9.17) is 9.47 Å². The second-order valence-electron chi connectivity index (χ2n) is 10.1. The number of methoxy groups -OCH3 is 2. The van der Waals surface area contributed by atoms with E-state index in [0.717, 1.165) is 19.3 Å². The van der Waals surface area contributed by atoms with Crippen LogP contribution in [0, 0.1) is 10.8 Å². The molecule has 2 aromatic carbocycles. The van der Waals surface area contributed by atoms with Crippen molar-refractivity contribution in [3.8, 4) is 11.5 Å². The number of hydrogen-bond acceptors (Lipinski definition) is 4. The molecule has 8 nitrogen and oxygen atoms in total. The minimum atomic E-state index is -0.285. The topological polar surface area (TPSA) is 101 Å². The maximum atomic E-state index is 12.7. The monoisotopic (exact) mass is 468 g/mol. The average molecular weight is 469 g/mol. The first kappa shape index (κ1) is 25.2. The van der Waals surface area contributed by atoms with Gasteiger partial charge in [0.05, 0.1) is 25.6 Å². The van der Waals surface area contributed by atoms with Crippen LogP contribution in [-0.4, -0.2) is 38.9 Å². The van der Waals surface area contributed by atoms with Gasteiger partial charge in [-0.1, -0.05) is 45.0 Å². The van der Waals surface area contributed by atoms with Crippen molar-refractivity contribution >= 4 is 23.4 Å². The van der Waals surface area contributed by atoms with Gasteiger partial charge in [-0.25, -0.2) is 9.59 Å². The quantitative estimate of drug-likeness (QED) is 0.447. The molecule has 2 atom stereocenters. The predicted molar refractivity (Wildman–Crippen MR) is 135 cm³/mol. The van der Waals surface area contributed by atoms with E-state index in [0.29, 0.717) is 29.4 Å². The molecule has 0 aromatic heterocycles. The maximum Gasteiger partial charge on any atom is 0.319 e. The smallest absolute Gasteiger partial charge is 0.319 e. The number of hydrogen-bond donors (Lipinski definition) is 4. The maximum absolute atomic E-state index is 12.7. The van der Waals surface area contributed by atoms with Crippen molar-refractivity contribution < 1.29 is 19.1 Å². The molecule has 0 spiro atoms. The zero-order chi connectivity index (χ0) is 24.8. The first-order chi connectivity index (χ1) is 16.1. The molecule has 1 saturated carbocycles. The van der Waals surface area contributed by atoms with Gasteiger partial charge in [0.1, 0.15) is 11.5 Å². The average Bonchev–Trinajstić information content (AvgIpc) is 2.77. The Labute approximate surface area is 201 Å². The number of nitrogens with one attached hydrogen (secondary N) is 4. The summed E-state index contributed by atoms with van der Waals surface area (Å²) in [6.45, 7) is 7.05. The third-order valence-corrected chi connectivity index (χ3v) is 6.16. The molecule has 0 saturated heterocycles. The standard InChI is InChI=1S/C26H36N4O4/c1-25(2)14-18(28-24(32)30-20-11-7-9-13-22(20)34-5)15-26(3,16-25)17-27-23(31)29-19-10-6-8-12-21(19)33-4/h6-13,18H,14-17H2,1-5H3,(H2,27,29,31)(H2,28,30,32)/t18-,26+/m1/s1. The molecule has 8 heteroatoms. The summed E-state index contributed by atoms with van der Waals surface area (Å²) < 4.78 is 10.6. The minimum Gasteiger partial charge on any atom is -0.495 e. The van der Waals surface area contributed by atoms with E-state index in [9.17, 15) is 9.59 Å². The lowest BCUT2D eigenvalue weighted by Gasteiger charge is -2.46. The lowest BCUT2D eigenvalue weighted by molar-refractivity contribution is 0.0761. The molecule has 2 aromatic rings. The lowest BCUT2D eigenvalue weighted by atomic mass is 9.62. The summed E-state index contributed by atoms with van der Waals surface area (Å²) in [7, 11) is 3.14. The molecule has 4 N–H and O–H groups in total. The van der Waals surface area contributed by atoms with Gasteiger partial charge in [0.25, 0.3) is 0 Å². The van der Waals surface area contributed by atoms with Gasteiger partial charge in [0.15, 0.2) is 0 Å². The summed E-state index contributed by atoms with van der Waals surface area (Å²) >= 11 is 0. The van der Waals surface area contributed by atoms with E-state index in [2.05, 4.69) is 42.0 Å². The Bertz CT molecular complexity index is 1010. The Morgan fingerprint density at radius 2 is 1.38 bits per heavy atom. The van der Waals surface area contributed by atoms with Gasteiger partial charge in [-0.15, -0.1) is 0 Å². The molecular formula is C26H36N4O4. The van der Waals surface area contributed by atoms with E-state index in [1.54, 1.807) is 38.5 Å². The highest BCUT2D eigenvalue weighted by atomic mass is 16.5. The summed E-state index contributed by atoms with van der Waals surface area (Å²) in [6.07, 6.45) is 2.54. The zero-order valence-corrected chi connectivity index (χ0v) is 20.7. The zero-order valence-electron chi connectivity index (χ0n) is 20.7. The first-order valence-electron chi connectivity index (χ1n) is 11.5. The summed E-state index contributed by atoms with van der Waals surface area (Å²) in [6, 6.07) is 14.0. The largest absolute Gasteiger partial charge is 0.495 e. The van der Waals surface area contributed by atoms with Crippen LogP contribution in [0.5, 0.6) is 11.5 Å². The second-order valence-corrected chi connectivity index (χ2v) is 10.1. The van der Waals surface area contributed by atoms with Gasteiger partial charge in [-0.3, -0.25) is 0 Å². The van der Waals surface area contributed by atoms with Crippen molar-refractivity contribution in [2.75, 3.05) is 31.4 Å². The summed E-state index contributed by atoms with van der Waals surface area (Å²) in [5.74, 6) is 1.21. The van der Waals surface area contributed by atoms with Gasteiger partial charge in [0, 0.05) is 12.6 Å². The Hall–Kier alpha value is -3.42. The highest BCUT2D eigenvalue weighted by Gasteiger charge is 2.42. The Morgan fingerprint density at radius 3 is 1.94 bits per heavy atom. The number of ether oxygens (including phenoxy) is 2. The highest BCUT2D eigenvalue weighted by molar-refractivity contribution is 5.91. The second kappa shape index (κ2) is 10.7. The minimum absolute atomic E-state index is 0.0101. The molecule has 184 valence electrons. The van der Waals surface area contributed by atoms with Crippen LogP contribution in [0.4, 0.5) is 21.0 Å². The molecule has 1 aliphatic carbocycles. The fraction of sp³-hybridized carbons (Fsp3) is 0.462. The molecule has 0 radical (unpaired) electrons. The van der Waals surface area contributed by atoms with Crippen LogP contribution in [0.1, 0.15) is 40.0 Å². The molecule has 34 heavy (non-hydrogen) atoms. The van der Waals surface area contributed by atoms with Crippen LogP contribution in [-0.2, 0) is 0 Å². The Balaban J connectivity index is 1.59. The first-order valence-corrected chi connectivity index (χ1v) is 11.5. The van der Waals surface area contributed by atoms with Gasteiger partial charge in [0.2, 0.25) is 0 Å². The van der Waals surface area contributed by atoms with E-state index >= 15 is 0 Å². The fourth-order valence-corrected chi connectivity index (χ4v) is 5.17. The molecule has 4 amide bonds. The third-order valence-electron chi connectivity index (χ3n) is 6.16. The fourth-order valence-electron chi connectivity index (χ4n) is 5.17. The highest BCUT2D eigenvalue weighted by Crippen LogP contribution is 2.45. The normalized spacial score (nSPS) is 21.1. The van der Waals surface area contributed by atoms with Crippen molar-refractivity contribution in [1.82, 2.24) is 10.6 Å². The third kappa shape index (κ3) is 6.79. The number of anilines is 2. The molecule has 3 rings (SSSR count). The van der Waals surface area contributed by atoms with E-state index in [-0.39, 0.29) is 28.9 Å². The Kier molecular flexibility index (Phi) is 7.91. The van der Waals surface area contributed by atoms with Crippen molar-refractivity contribution in [3.63, 3.8) is 0 Å². The number of carbonyl (C=O) groups is 2. The molecule has 1 aliphatic rings. The van der Waals surface area contributed by atoms with Crippen LogP contribution in [0.2, 0.25) is 0 Å².